The number of hydrogen-bond acceptors (Lipinski definition) is 3. The van der Waals surface area contributed by atoms with Crippen LogP contribution in [0.3, 0.4) is 0 Å². The molecule has 1 fully saturated rings. The van der Waals surface area contributed by atoms with E-state index in [-0.39, 0.29) is 0 Å². The molecule has 1 aromatic rings. The number of nitrogens with zero attached hydrogens (tertiary/aromatic N) is 1. The van der Waals surface area contributed by atoms with Crippen LogP contribution in [-0.4, -0.2) is 11.5 Å². The Kier molecular flexibility index (Phi) is 2.80. The minimum Gasteiger partial charge on any atom is -0.382 e. The van der Waals surface area contributed by atoms with Crippen molar-refractivity contribution in [3.8, 4) is 0 Å². The lowest BCUT2D eigenvalue weighted by Gasteiger charge is -2.24. The summed E-state index contributed by atoms with van der Waals surface area (Å²) in [5.41, 5.74) is 7.19. The lowest BCUT2D eigenvalue weighted by Crippen LogP contribution is -2.23. The highest BCUT2D eigenvalue weighted by Crippen LogP contribution is 2.37. The van der Waals surface area contributed by atoms with Gasteiger partial charge in [-0.15, -0.1) is 0 Å². The van der Waals surface area contributed by atoms with Crippen molar-refractivity contribution in [3.05, 3.63) is 18.3 Å². The second-order valence-corrected chi connectivity index (χ2v) is 4.81. The lowest BCUT2D eigenvalue weighted by molar-refractivity contribution is 0.362. The first kappa shape index (κ1) is 10.3. The zero-order valence-electron chi connectivity index (χ0n) is 9.29. The van der Waals surface area contributed by atoms with Crippen LogP contribution in [0, 0.1) is 5.41 Å². The summed E-state index contributed by atoms with van der Waals surface area (Å²) < 4.78 is 0. The smallest absolute Gasteiger partial charge is 0.146 e. The van der Waals surface area contributed by atoms with Crippen LogP contribution < -0.4 is 11.1 Å². The van der Waals surface area contributed by atoms with E-state index in [0.29, 0.717) is 11.2 Å². The highest BCUT2D eigenvalue weighted by Gasteiger charge is 2.28. The van der Waals surface area contributed by atoms with Crippen LogP contribution in [-0.2, 0) is 0 Å². The molecule has 1 heterocycles. The van der Waals surface area contributed by atoms with Gasteiger partial charge in [-0.3, -0.25) is 0 Å². The van der Waals surface area contributed by atoms with Crippen LogP contribution >= 0.6 is 0 Å². The third-order valence-corrected chi connectivity index (χ3v) is 3.35. The molecule has 0 atom stereocenters. The van der Waals surface area contributed by atoms with E-state index >= 15 is 0 Å². The van der Waals surface area contributed by atoms with Crippen LogP contribution in [0.4, 0.5) is 11.5 Å². The van der Waals surface area contributed by atoms with Gasteiger partial charge in [0.25, 0.3) is 0 Å². The van der Waals surface area contributed by atoms with E-state index in [0.717, 1.165) is 12.2 Å². The molecule has 1 saturated carbocycles. The zero-order chi connectivity index (χ0) is 10.7. The summed E-state index contributed by atoms with van der Waals surface area (Å²) in [6, 6.07) is 3.90. The van der Waals surface area contributed by atoms with Crippen molar-refractivity contribution in [2.45, 2.75) is 32.6 Å². The van der Waals surface area contributed by atoms with E-state index in [9.17, 15) is 0 Å². The Labute approximate surface area is 91.1 Å². The number of nitrogens with two attached hydrogens (primary N) is 1. The molecule has 3 heteroatoms. The topological polar surface area (TPSA) is 50.9 Å². The maximum Gasteiger partial charge on any atom is 0.146 e. The number of nitrogens with one attached hydrogen (secondary N) is 1. The van der Waals surface area contributed by atoms with Gasteiger partial charge in [0, 0.05) is 12.7 Å². The molecule has 0 bridgehead atoms. The van der Waals surface area contributed by atoms with Crippen molar-refractivity contribution in [3.63, 3.8) is 0 Å². The molecule has 0 unspecified atom stereocenters. The Morgan fingerprint density at radius 1 is 1.47 bits per heavy atom. The Morgan fingerprint density at radius 3 is 2.87 bits per heavy atom. The van der Waals surface area contributed by atoms with Crippen molar-refractivity contribution in [1.82, 2.24) is 4.98 Å². The van der Waals surface area contributed by atoms with Crippen molar-refractivity contribution in [1.29, 1.82) is 0 Å². The van der Waals surface area contributed by atoms with Crippen LogP contribution in [0.25, 0.3) is 0 Å². The summed E-state index contributed by atoms with van der Waals surface area (Å²) in [5, 5.41) is 3.41. The van der Waals surface area contributed by atoms with Gasteiger partial charge in [-0.25, -0.2) is 4.98 Å². The Bertz CT molecular complexity index is 329. The van der Waals surface area contributed by atoms with Gasteiger partial charge in [-0.2, -0.15) is 0 Å². The average Bonchev–Trinajstić information content (AvgIpc) is 2.65. The average molecular weight is 205 g/mol. The maximum absolute atomic E-state index is 5.77. The Hall–Kier alpha value is -1.25. The number of pyridine rings is 1. The van der Waals surface area contributed by atoms with Crippen LogP contribution in [0.5, 0.6) is 0 Å². The molecule has 15 heavy (non-hydrogen) atoms. The molecule has 0 spiro atoms. The first-order valence-corrected chi connectivity index (χ1v) is 5.64. The molecule has 2 rings (SSSR count). The molecule has 0 saturated heterocycles. The van der Waals surface area contributed by atoms with E-state index in [1.165, 1.54) is 25.7 Å². The summed E-state index contributed by atoms with van der Waals surface area (Å²) in [4.78, 5) is 4.06. The van der Waals surface area contributed by atoms with Gasteiger partial charge in [-0.05, 0) is 30.4 Å². The van der Waals surface area contributed by atoms with E-state index in [4.69, 9.17) is 5.73 Å². The van der Waals surface area contributed by atoms with Crippen molar-refractivity contribution < 1.29 is 0 Å². The molecule has 0 amide bonds. The fourth-order valence-corrected chi connectivity index (χ4v) is 2.28. The summed E-state index contributed by atoms with van der Waals surface area (Å²) in [6.45, 7) is 3.35. The molecule has 0 aliphatic heterocycles. The van der Waals surface area contributed by atoms with Gasteiger partial charge < -0.3 is 11.1 Å². The predicted molar refractivity (Wildman–Crippen MR) is 63.7 cm³/mol. The van der Waals surface area contributed by atoms with Crippen LogP contribution in [0.1, 0.15) is 32.6 Å². The number of aromatic nitrogens is 1. The fourth-order valence-electron chi connectivity index (χ4n) is 2.28. The SMILES string of the molecule is CC1(CNc2cccnc2N)CCCC1. The van der Waals surface area contributed by atoms with Crippen LogP contribution in [0.2, 0.25) is 0 Å². The second-order valence-electron chi connectivity index (χ2n) is 4.81. The van der Waals surface area contributed by atoms with E-state index < -0.39 is 0 Å². The highest BCUT2D eigenvalue weighted by molar-refractivity contribution is 5.60. The largest absolute Gasteiger partial charge is 0.382 e. The highest BCUT2D eigenvalue weighted by atomic mass is 15.0. The number of nitrogen functional groups attached to an aromatic ring is 1. The third kappa shape index (κ3) is 2.41. The summed E-state index contributed by atoms with van der Waals surface area (Å²) in [7, 11) is 0. The molecule has 1 aromatic heterocycles. The van der Waals surface area contributed by atoms with Gasteiger partial charge in [0.05, 0.1) is 5.69 Å². The molecular formula is C12H19N3. The monoisotopic (exact) mass is 205 g/mol. The van der Waals surface area contributed by atoms with E-state index in [1.807, 2.05) is 12.1 Å². The quantitative estimate of drug-likeness (QED) is 0.797. The summed E-state index contributed by atoms with van der Waals surface area (Å²) >= 11 is 0. The summed E-state index contributed by atoms with van der Waals surface area (Å²) in [6.07, 6.45) is 7.08. The minimum absolute atomic E-state index is 0.447. The fraction of sp³-hybridized carbons (Fsp3) is 0.583. The van der Waals surface area contributed by atoms with E-state index in [1.54, 1.807) is 6.20 Å². The normalized spacial score (nSPS) is 19.0. The molecule has 1 aliphatic carbocycles. The standard InChI is InChI=1S/C12H19N3/c1-12(6-2-3-7-12)9-15-10-5-4-8-14-11(10)13/h4-5,8,15H,2-3,6-7,9H2,1H3,(H2,13,14). The second kappa shape index (κ2) is 4.09. The van der Waals surface area contributed by atoms with Gasteiger partial charge in [-0.1, -0.05) is 19.8 Å². The van der Waals surface area contributed by atoms with Crippen molar-refractivity contribution >= 4 is 11.5 Å². The number of anilines is 2. The third-order valence-electron chi connectivity index (χ3n) is 3.35. The Morgan fingerprint density at radius 2 is 2.20 bits per heavy atom. The zero-order valence-corrected chi connectivity index (χ0v) is 9.29. The van der Waals surface area contributed by atoms with Crippen LogP contribution in [0.15, 0.2) is 18.3 Å². The predicted octanol–water partition coefficient (Wildman–Crippen LogP) is 2.66. The van der Waals surface area contributed by atoms with E-state index in [2.05, 4.69) is 17.2 Å². The van der Waals surface area contributed by atoms with Gasteiger partial charge >= 0.3 is 0 Å². The Balaban J connectivity index is 1.95. The van der Waals surface area contributed by atoms with Gasteiger partial charge in [0.2, 0.25) is 0 Å². The molecule has 3 N–H and O–H groups in total. The molecule has 1 aliphatic rings. The van der Waals surface area contributed by atoms with Gasteiger partial charge in [0.1, 0.15) is 5.82 Å². The number of rotatable bonds is 3. The maximum atomic E-state index is 5.77. The number of hydrogen-bond donors (Lipinski definition) is 2. The molecule has 0 radical (unpaired) electrons. The summed E-state index contributed by atoms with van der Waals surface area (Å²) in [5.74, 6) is 0.596. The first-order chi connectivity index (χ1) is 7.20. The molecule has 0 aromatic carbocycles. The van der Waals surface area contributed by atoms with Gasteiger partial charge in [0.15, 0.2) is 0 Å². The molecule has 3 nitrogen and oxygen atoms in total. The van der Waals surface area contributed by atoms with Crippen molar-refractivity contribution in [2.24, 2.45) is 5.41 Å². The molecular weight excluding hydrogens is 186 g/mol. The minimum atomic E-state index is 0.447. The lowest BCUT2D eigenvalue weighted by atomic mass is 9.89. The molecule has 82 valence electrons. The first-order valence-electron chi connectivity index (χ1n) is 5.64. The van der Waals surface area contributed by atoms with Crippen molar-refractivity contribution in [2.75, 3.05) is 17.6 Å².